The summed E-state index contributed by atoms with van der Waals surface area (Å²) in [6.07, 6.45) is -6.25. The largest absolute Gasteiger partial charge is 0.459 e. The van der Waals surface area contributed by atoms with E-state index >= 15 is 0 Å². The molecule has 1 aliphatic heterocycles. The second-order valence-electron chi connectivity index (χ2n) is 4.88. The molecule has 1 unspecified atom stereocenters. The number of benzene rings is 1. The molecule has 1 N–H and O–H groups in total. The lowest BCUT2D eigenvalue weighted by Gasteiger charge is -2.31. The number of carbonyl (C=O) groups is 2. The monoisotopic (exact) mass is 364 g/mol. The Bertz CT molecular complexity index is 690. The van der Waals surface area contributed by atoms with Crippen LogP contribution in [0.25, 0.3) is 0 Å². The molecule has 10 heteroatoms. The zero-order valence-corrected chi connectivity index (χ0v) is 13.1. The Balaban J connectivity index is 2.43. The molecule has 0 aromatic heterocycles. The van der Waals surface area contributed by atoms with Crippen LogP contribution in [0.5, 0.6) is 0 Å². The van der Waals surface area contributed by atoms with Gasteiger partial charge in [-0.25, -0.2) is 4.79 Å². The van der Waals surface area contributed by atoms with Crippen LogP contribution in [-0.4, -0.2) is 46.2 Å². The molecule has 0 fully saturated rings. The predicted molar refractivity (Wildman–Crippen MR) is 77.1 cm³/mol. The maximum absolute atomic E-state index is 13.3. The molecule has 0 aliphatic carbocycles. The van der Waals surface area contributed by atoms with Gasteiger partial charge in [0, 0.05) is 5.02 Å². The van der Waals surface area contributed by atoms with Crippen LogP contribution in [0.3, 0.4) is 0 Å². The Hall–Kier alpha value is -2.13. The third-order valence-electron chi connectivity index (χ3n) is 3.26. The SMILES string of the molecule is CCOC(=O)C(=O)N1N=C(c2ccc(Cl)cc2)CC1(O)C(F)(F)F. The van der Waals surface area contributed by atoms with E-state index in [1.54, 1.807) is 0 Å². The average Bonchev–Trinajstić information content (AvgIpc) is 2.86. The lowest BCUT2D eigenvalue weighted by atomic mass is 10.0. The van der Waals surface area contributed by atoms with Gasteiger partial charge >= 0.3 is 18.1 Å². The number of ether oxygens (including phenoxy) is 1. The standard InChI is InChI=1S/C14H12ClF3N2O4/c1-2-24-12(22)11(21)20-13(23,14(16,17)18)7-10(19-20)8-3-5-9(15)6-4-8/h3-6,23H,2,7H2,1H3. The highest BCUT2D eigenvalue weighted by molar-refractivity contribution is 6.33. The molecule has 0 spiro atoms. The number of hydrogen-bond donors (Lipinski definition) is 1. The number of amides is 1. The Morgan fingerprint density at radius 3 is 2.46 bits per heavy atom. The zero-order valence-electron chi connectivity index (χ0n) is 12.3. The van der Waals surface area contributed by atoms with E-state index in [0.717, 1.165) is 0 Å². The molecule has 130 valence electrons. The molecule has 0 bridgehead atoms. The third-order valence-corrected chi connectivity index (χ3v) is 3.51. The van der Waals surface area contributed by atoms with Crippen molar-refractivity contribution < 1.29 is 32.6 Å². The molecule has 1 heterocycles. The molecule has 24 heavy (non-hydrogen) atoms. The Kier molecular flexibility index (Phi) is 4.86. The number of alkyl halides is 3. The fraction of sp³-hybridized carbons (Fsp3) is 0.357. The van der Waals surface area contributed by atoms with Gasteiger partial charge in [0.2, 0.25) is 0 Å². The van der Waals surface area contributed by atoms with Crippen molar-refractivity contribution in [2.45, 2.75) is 25.2 Å². The number of nitrogens with zero attached hydrogens (tertiary/aromatic N) is 2. The van der Waals surface area contributed by atoms with Crippen LogP contribution in [-0.2, 0) is 14.3 Å². The van der Waals surface area contributed by atoms with Crippen molar-refractivity contribution in [3.05, 3.63) is 34.9 Å². The molecule has 1 aromatic rings. The summed E-state index contributed by atoms with van der Waals surface area (Å²) in [5.41, 5.74) is -3.63. The first-order valence-electron chi connectivity index (χ1n) is 6.74. The van der Waals surface area contributed by atoms with E-state index in [2.05, 4.69) is 9.84 Å². The molecule has 1 amide bonds. The van der Waals surface area contributed by atoms with Gasteiger partial charge in [-0.2, -0.15) is 23.3 Å². The summed E-state index contributed by atoms with van der Waals surface area (Å²) in [4.78, 5) is 23.3. The Morgan fingerprint density at radius 2 is 1.96 bits per heavy atom. The number of hydrogen-bond acceptors (Lipinski definition) is 5. The average molecular weight is 365 g/mol. The van der Waals surface area contributed by atoms with Crippen LogP contribution in [0, 0.1) is 0 Å². The van der Waals surface area contributed by atoms with E-state index < -0.39 is 30.2 Å². The first kappa shape index (κ1) is 18.2. The van der Waals surface area contributed by atoms with Crippen LogP contribution in [0.15, 0.2) is 29.4 Å². The summed E-state index contributed by atoms with van der Waals surface area (Å²) in [7, 11) is 0. The van der Waals surface area contributed by atoms with Gasteiger partial charge in [0.05, 0.1) is 18.7 Å². The number of halogens is 4. The van der Waals surface area contributed by atoms with Gasteiger partial charge in [-0.1, -0.05) is 23.7 Å². The fourth-order valence-corrected chi connectivity index (χ4v) is 2.19. The summed E-state index contributed by atoms with van der Waals surface area (Å²) in [5, 5.41) is 13.6. The summed E-state index contributed by atoms with van der Waals surface area (Å²) >= 11 is 5.71. The second-order valence-corrected chi connectivity index (χ2v) is 5.32. The molecular formula is C14H12ClF3N2O4. The summed E-state index contributed by atoms with van der Waals surface area (Å²) in [5.74, 6) is -3.25. The molecule has 2 rings (SSSR count). The summed E-state index contributed by atoms with van der Waals surface area (Å²) in [6.45, 7) is 1.17. The van der Waals surface area contributed by atoms with E-state index in [4.69, 9.17) is 11.6 Å². The van der Waals surface area contributed by atoms with E-state index in [9.17, 15) is 27.9 Å². The van der Waals surface area contributed by atoms with Crippen molar-refractivity contribution in [2.75, 3.05) is 6.61 Å². The smallest absolute Gasteiger partial charge is 0.438 e. The fourth-order valence-electron chi connectivity index (χ4n) is 2.06. The molecule has 1 aromatic carbocycles. The highest BCUT2D eigenvalue weighted by atomic mass is 35.5. The van der Waals surface area contributed by atoms with Gasteiger partial charge in [0.25, 0.3) is 5.72 Å². The van der Waals surface area contributed by atoms with Crippen LogP contribution < -0.4 is 0 Å². The molecule has 0 saturated carbocycles. The number of carbonyl (C=O) groups excluding carboxylic acids is 2. The van der Waals surface area contributed by atoms with E-state index in [0.29, 0.717) is 5.02 Å². The van der Waals surface area contributed by atoms with E-state index in [-0.39, 0.29) is 22.9 Å². The quantitative estimate of drug-likeness (QED) is 0.644. The highest BCUT2D eigenvalue weighted by Crippen LogP contribution is 2.41. The minimum Gasteiger partial charge on any atom is -0.459 e. The minimum atomic E-state index is -5.23. The predicted octanol–water partition coefficient (Wildman–Crippen LogP) is 2.09. The number of rotatable bonds is 2. The van der Waals surface area contributed by atoms with Crippen molar-refractivity contribution >= 4 is 29.2 Å². The normalized spacial score (nSPS) is 20.8. The van der Waals surface area contributed by atoms with E-state index in [1.807, 2.05) is 0 Å². The van der Waals surface area contributed by atoms with Crippen LogP contribution in [0.1, 0.15) is 18.9 Å². The number of aliphatic hydroxyl groups is 1. The lowest BCUT2D eigenvalue weighted by Crippen LogP contribution is -2.58. The Morgan fingerprint density at radius 1 is 1.38 bits per heavy atom. The van der Waals surface area contributed by atoms with Crippen molar-refractivity contribution in [1.29, 1.82) is 0 Å². The zero-order chi connectivity index (χ0) is 18.1. The summed E-state index contributed by atoms with van der Waals surface area (Å²) in [6, 6.07) is 5.61. The van der Waals surface area contributed by atoms with Gasteiger partial charge in [-0.3, -0.25) is 4.79 Å². The van der Waals surface area contributed by atoms with Gasteiger partial charge in [-0.15, -0.1) is 0 Å². The van der Waals surface area contributed by atoms with Gasteiger partial charge in [0.1, 0.15) is 0 Å². The van der Waals surface area contributed by atoms with Gasteiger partial charge in [-0.05, 0) is 24.6 Å². The van der Waals surface area contributed by atoms with Gasteiger partial charge in [0.15, 0.2) is 0 Å². The first-order valence-corrected chi connectivity index (χ1v) is 7.11. The van der Waals surface area contributed by atoms with Crippen molar-refractivity contribution in [3.63, 3.8) is 0 Å². The second kappa shape index (κ2) is 6.40. The number of esters is 1. The summed E-state index contributed by atoms with van der Waals surface area (Å²) < 4.78 is 44.2. The van der Waals surface area contributed by atoms with Crippen molar-refractivity contribution in [3.8, 4) is 0 Å². The highest BCUT2D eigenvalue weighted by Gasteiger charge is 2.64. The maximum Gasteiger partial charge on any atom is 0.438 e. The molecule has 0 saturated heterocycles. The molecule has 6 nitrogen and oxygen atoms in total. The third kappa shape index (κ3) is 3.22. The molecule has 1 aliphatic rings. The molecule has 0 radical (unpaired) electrons. The lowest BCUT2D eigenvalue weighted by molar-refractivity contribution is -0.302. The van der Waals surface area contributed by atoms with Gasteiger partial charge < -0.3 is 9.84 Å². The van der Waals surface area contributed by atoms with Crippen LogP contribution in [0.4, 0.5) is 13.2 Å². The van der Waals surface area contributed by atoms with Crippen molar-refractivity contribution in [2.24, 2.45) is 5.10 Å². The molecular weight excluding hydrogens is 353 g/mol. The Labute approximate surface area is 139 Å². The van der Waals surface area contributed by atoms with Crippen LogP contribution >= 0.6 is 11.6 Å². The topological polar surface area (TPSA) is 79.2 Å². The number of hydrazone groups is 1. The maximum atomic E-state index is 13.3. The van der Waals surface area contributed by atoms with Crippen molar-refractivity contribution in [1.82, 2.24) is 5.01 Å². The first-order chi connectivity index (χ1) is 11.1. The minimum absolute atomic E-state index is 0.212. The van der Waals surface area contributed by atoms with E-state index in [1.165, 1.54) is 31.2 Å². The van der Waals surface area contributed by atoms with Crippen LogP contribution in [0.2, 0.25) is 5.02 Å². The molecule has 1 atom stereocenters.